The molecule has 0 aliphatic carbocycles. The quantitative estimate of drug-likeness (QED) is 0.863. The van der Waals surface area contributed by atoms with Crippen LogP contribution in [0.15, 0.2) is 10.7 Å². The van der Waals surface area contributed by atoms with E-state index in [0.717, 1.165) is 10.2 Å². The minimum Gasteiger partial charge on any atom is -0.396 e. The minimum atomic E-state index is 0.164. The summed E-state index contributed by atoms with van der Waals surface area (Å²) in [6, 6.07) is 0.345. The number of halogens is 1. The number of aliphatic hydroxyl groups excluding tert-OH is 1. The Bertz CT molecular complexity index is 258. The van der Waals surface area contributed by atoms with E-state index in [4.69, 9.17) is 5.11 Å². The fraction of sp³-hybridized carbons (Fsp3) is 0.625. The van der Waals surface area contributed by atoms with Crippen molar-refractivity contribution in [1.82, 2.24) is 9.78 Å². The van der Waals surface area contributed by atoms with E-state index in [0.29, 0.717) is 12.5 Å². The molecule has 0 saturated carbocycles. The zero-order valence-electron chi connectivity index (χ0n) is 7.29. The van der Waals surface area contributed by atoms with Crippen LogP contribution in [0.5, 0.6) is 0 Å². The van der Waals surface area contributed by atoms with E-state index < -0.39 is 0 Å². The molecule has 0 atom stereocenters. The van der Waals surface area contributed by atoms with Crippen molar-refractivity contribution in [3.8, 4) is 0 Å². The number of hydrogen-bond donors (Lipinski definition) is 1. The first-order valence-electron chi connectivity index (χ1n) is 3.99. The Morgan fingerprint density at radius 1 is 1.67 bits per heavy atom. The third-order valence-electron chi connectivity index (χ3n) is 1.69. The lowest BCUT2D eigenvalue weighted by Gasteiger charge is -2.09. The van der Waals surface area contributed by atoms with Gasteiger partial charge in [-0.25, -0.2) is 0 Å². The van der Waals surface area contributed by atoms with Crippen molar-refractivity contribution >= 4 is 15.9 Å². The van der Waals surface area contributed by atoms with Crippen molar-refractivity contribution < 1.29 is 5.11 Å². The highest BCUT2D eigenvalue weighted by Crippen LogP contribution is 2.19. The fourth-order valence-electron chi connectivity index (χ4n) is 1.15. The molecule has 0 saturated heterocycles. The summed E-state index contributed by atoms with van der Waals surface area (Å²) < 4.78 is 2.89. The molecule has 0 aliphatic rings. The Morgan fingerprint density at radius 2 is 2.33 bits per heavy atom. The number of aliphatic hydroxyl groups is 1. The summed E-state index contributed by atoms with van der Waals surface area (Å²) in [4.78, 5) is 0. The topological polar surface area (TPSA) is 38.0 Å². The van der Waals surface area contributed by atoms with Crippen LogP contribution in [0.25, 0.3) is 0 Å². The van der Waals surface area contributed by atoms with Gasteiger partial charge in [-0.05, 0) is 29.8 Å². The molecule has 1 rings (SSSR count). The van der Waals surface area contributed by atoms with Crippen molar-refractivity contribution in [3.63, 3.8) is 0 Å². The number of nitrogens with zero attached hydrogens (tertiary/aromatic N) is 2. The summed E-state index contributed by atoms with van der Waals surface area (Å²) in [5, 5.41) is 13.0. The summed E-state index contributed by atoms with van der Waals surface area (Å²) >= 11 is 3.39. The van der Waals surface area contributed by atoms with Crippen molar-refractivity contribution in [2.45, 2.75) is 26.3 Å². The Morgan fingerprint density at radius 3 is 2.83 bits per heavy atom. The third kappa shape index (κ3) is 1.87. The van der Waals surface area contributed by atoms with Crippen LogP contribution in [-0.4, -0.2) is 21.5 Å². The molecule has 12 heavy (non-hydrogen) atoms. The molecule has 0 radical (unpaired) electrons. The lowest BCUT2D eigenvalue weighted by Crippen LogP contribution is -2.08. The van der Waals surface area contributed by atoms with E-state index in [1.165, 1.54) is 0 Å². The largest absolute Gasteiger partial charge is 0.396 e. The van der Waals surface area contributed by atoms with Gasteiger partial charge in [0.05, 0.1) is 16.4 Å². The molecule has 0 aliphatic heterocycles. The minimum absolute atomic E-state index is 0.164. The number of rotatable bonds is 3. The fourth-order valence-corrected chi connectivity index (χ4v) is 1.62. The van der Waals surface area contributed by atoms with E-state index in [1.807, 2.05) is 4.68 Å². The summed E-state index contributed by atoms with van der Waals surface area (Å²) in [6.07, 6.45) is 2.42. The highest BCUT2D eigenvalue weighted by atomic mass is 79.9. The van der Waals surface area contributed by atoms with Crippen molar-refractivity contribution in [3.05, 3.63) is 16.4 Å². The molecule has 0 unspecified atom stereocenters. The van der Waals surface area contributed by atoms with Gasteiger partial charge in [-0.3, -0.25) is 4.68 Å². The Labute approximate surface area is 80.5 Å². The lowest BCUT2D eigenvalue weighted by molar-refractivity contribution is 0.293. The second-order valence-electron chi connectivity index (χ2n) is 2.95. The molecule has 0 amide bonds. The van der Waals surface area contributed by atoms with Gasteiger partial charge in [0.1, 0.15) is 0 Å². The van der Waals surface area contributed by atoms with Gasteiger partial charge in [0.25, 0.3) is 0 Å². The maximum Gasteiger partial charge on any atom is 0.0635 e. The molecule has 1 aromatic heterocycles. The maximum atomic E-state index is 8.81. The van der Waals surface area contributed by atoms with Crippen LogP contribution in [0.3, 0.4) is 0 Å². The molecular weight excluding hydrogens is 220 g/mol. The van der Waals surface area contributed by atoms with Crippen LogP contribution < -0.4 is 0 Å². The van der Waals surface area contributed by atoms with E-state index >= 15 is 0 Å². The summed E-state index contributed by atoms with van der Waals surface area (Å²) in [5.74, 6) is 0. The molecule has 1 heterocycles. The molecule has 0 bridgehead atoms. The van der Waals surface area contributed by atoms with E-state index in [2.05, 4.69) is 34.9 Å². The maximum absolute atomic E-state index is 8.81. The van der Waals surface area contributed by atoms with Crippen LogP contribution in [-0.2, 0) is 6.42 Å². The zero-order valence-corrected chi connectivity index (χ0v) is 8.87. The third-order valence-corrected chi connectivity index (χ3v) is 2.35. The standard InChI is InChI=1S/C8H13BrN2O/c1-6(2)11-8(3-4-12)7(9)5-10-11/h5-6,12H,3-4H2,1-2H3. The monoisotopic (exact) mass is 232 g/mol. The first kappa shape index (κ1) is 9.74. The number of aromatic nitrogens is 2. The Kier molecular flexibility index (Phi) is 3.29. The van der Waals surface area contributed by atoms with Gasteiger partial charge in [-0.15, -0.1) is 0 Å². The smallest absolute Gasteiger partial charge is 0.0635 e. The molecule has 0 aromatic carbocycles. The molecule has 0 fully saturated rings. The molecule has 4 heteroatoms. The number of hydrogen-bond acceptors (Lipinski definition) is 2. The van der Waals surface area contributed by atoms with Crippen molar-refractivity contribution in [1.29, 1.82) is 0 Å². The van der Waals surface area contributed by atoms with Crippen LogP contribution in [0.2, 0.25) is 0 Å². The molecular formula is C8H13BrN2O. The second kappa shape index (κ2) is 4.05. The van der Waals surface area contributed by atoms with Crippen molar-refractivity contribution in [2.24, 2.45) is 0 Å². The SMILES string of the molecule is CC(C)n1ncc(Br)c1CCO. The molecule has 1 N–H and O–H groups in total. The molecule has 68 valence electrons. The van der Waals surface area contributed by atoms with Gasteiger partial charge >= 0.3 is 0 Å². The van der Waals surface area contributed by atoms with Crippen molar-refractivity contribution in [2.75, 3.05) is 6.61 Å². The lowest BCUT2D eigenvalue weighted by atomic mass is 10.3. The predicted molar refractivity (Wildman–Crippen MR) is 51.1 cm³/mol. The van der Waals surface area contributed by atoms with Gasteiger partial charge in [-0.2, -0.15) is 5.10 Å². The van der Waals surface area contributed by atoms with Gasteiger partial charge in [0.2, 0.25) is 0 Å². The normalized spacial score (nSPS) is 11.1. The van der Waals surface area contributed by atoms with Crippen LogP contribution in [0.1, 0.15) is 25.6 Å². The van der Waals surface area contributed by atoms with Crippen LogP contribution in [0, 0.1) is 0 Å². The Balaban J connectivity index is 2.95. The predicted octanol–water partition coefficient (Wildman–Crippen LogP) is 1.76. The summed E-state index contributed by atoms with van der Waals surface area (Å²) in [6.45, 7) is 4.30. The molecule has 0 spiro atoms. The average molecular weight is 233 g/mol. The first-order chi connectivity index (χ1) is 5.66. The zero-order chi connectivity index (χ0) is 9.14. The van der Waals surface area contributed by atoms with E-state index in [9.17, 15) is 0 Å². The molecule has 3 nitrogen and oxygen atoms in total. The summed E-state index contributed by atoms with van der Waals surface area (Å²) in [5.41, 5.74) is 1.06. The summed E-state index contributed by atoms with van der Waals surface area (Å²) in [7, 11) is 0. The van der Waals surface area contributed by atoms with Gasteiger partial charge < -0.3 is 5.11 Å². The van der Waals surface area contributed by atoms with Gasteiger partial charge in [0.15, 0.2) is 0 Å². The highest BCUT2D eigenvalue weighted by molar-refractivity contribution is 9.10. The second-order valence-corrected chi connectivity index (χ2v) is 3.81. The van der Waals surface area contributed by atoms with Crippen LogP contribution >= 0.6 is 15.9 Å². The first-order valence-corrected chi connectivity index (χ1v) is 4.79. The van der Waals surface area contributed by atoms with Crippen LogP contribution in [0.4, 0.5) is 0 Å². The van der Waals surface area contributed by atoms with E-state index in [1.54, 1.807) is 6.20 Å². The van der Waals surface area contributed by atoms with Gasteiger partial charge in [-0.1, -0.05) is 0 Å². The molecule has 1 aromatic rings. The average Bonchev–Trinajstić information content (AvgIpc) is 2.34. The highest BCUT2D eigenvalue weighted by Gasteiger charge is 2.09. The van der Waals surface area contributed by atoms with E-state index in [-0.39, 0.29) is 6.61 Å². The van der Waals surface area contributed by atoms with Gasteiger partial charge in [0, 0.05) is 19.1 Å². The Hall–Kier alpha value is -0.350.